The first-order valence-electron chi connectivity index (χ1n) is 6.11. The molecule has 0 aromatic rings. The van der Waals surface area contributed by atoms with Crippen LogP contribution in [-0.4, -0.2) is 35.2 Å². The molecule has 1 aliphatic rings. The minimum atomic E-state index is -0.0704. The molecule has 2 heteroatoms. The molecule has 1 saturated carbocycles. The van der Waals surface area contributed by atoms with Crippen LogP contribution >= 0.6 is 0 Å². The molecule has 1 N–H and O–H groups in total. The van der Waals surface area contributed by atoms with Crippen molar-refractivity contribution in [3.05, 3.63) is 0 Å². The van der Waals surface area contributed by atoms with Gasteiger partial charge in [-0.1, -0.05) is 27.2 Å². The molecule has 2 nitrogen and oxygen atoms in total. The lowest BCUT2D eigenvalue weighted by Crippen LogP contribution is -2.42. The Bertz CT molecular complexity index is 160. The number of aliphatic hydroxyl groups is 1. The molecule has 0 bridgehead atoms. The van der Waals surface area contributed by atoms with Crippen LogP contribution in [0.3, 0.4) is 0 Å². The fraction of sp³-hybridized carbons (Fsp3) is 1.00. The lowest BCUT2D eigenvalue weighted by Gasteiger charge is -2.31. The third-order valence-electron chi connectivity index (χ3n) is 3.56. The predicted molar refractivity (Wildman–Crippen MR) is 60.3 cm³/mol. The van der Waals surface area contributed by atoms with Gasteiger partial charge in [0.25, 0.3) is 0 Å². The molecule has 14 heavy (non-hydrogen) atoms. The van der Waals surface area contributed by atoms with Gasteiger partial charge in [-0.3, -0.25) is 4.90 Å². The molecule has 0 radical (unpaired) electrons. The van der Waals surface area contributed by atoms with Crippen molar-refractivity contribution in [1.29, 1.82) is 0 Å². The summed E-state index contributed by atoms with van der Waals surface area (Å²) in [5.74, 6) is 0.753. The molecule has 3 atom stereocenters. The third kappa shape index (κ3) is 2.96. The van der Waals surface area contributed by atoms with Gasteiger partial charge in [-0.05, 0) is 31.7 Å². The highest BCUT2D eigenvalue weighted by atomic mass is 16.3. The molecule has 1 unspecified atom stereocenters. The molecular formula is C12H25NO. The highest BCUT2D eigenvalue weighted by molar-refractivity contribution is 4.85. The Morgan fingerprint density at radius 1 is 1.36 bits per heavy atom. The van der Waals surface area contributed by atoms with E-state index in [1.165, 1.54) is 19.3 Å². The Morgan fingerprint density at radius 3 is 2.50 bits per heavy atom. The molecule has 0 saturated heterocycles. The lowest BCUT2D eigenvalue weighted by atomic mass is 10.1. The summed E-state index contributed by atoms with van der Waals surface area (Å²) >= 11 is 0. The molecule has 1 fully saturated rings. The van der Waals surface area contributed by atoms with E-state index in [9.17, 15) is 5.11 Å². The van der Waals surface area contributed by atoms with Crippen molar-refractivity contribution in [3.8, 4) is 0 Å². The Kier molecular flexibility index (Phi) is 4.90. The Labute approximate surface area is 88.3 Å². The van der Waals surface area contributed by atoms with Gasteiger partial charge in [0.1, 0.15) is 0 Å². The van der Waals surface area contributed by atoms with Crippen molar-refractivity contribution >= 4 is 0 Å². The Morgan fingerprint density at radius 2 is 2.07 bits per heavy atom. The van der Waals surface area contributed by atoms with Crippen LogP contribution in [0.15, 0.2) is 0 Å². The monoisotopic (exact) mass is 199 g/mol. The molecule has 0 amide bonds. The second kappa shape index (κ2) is 5.72. The Balaban J connectivity index is 2.44. The van der Waals surface area contributed by atoms with E-state index in [0.717, 1.165) is 25.4 Å². The highest BCUT2D eigenvalue weighted by Crippen LogP contribution is 2.24. The van der Waals surface area contributed by atoms with Gasteiger partial charge in [-0.15, -0.1) is 0 Å². The van der Waals surface area contributed by atoms with Gasteiger partial charge in [0.2, 0.25) is 0 Å². The van der Waals surface area contributed by atoms with E-state index in [-0.39, 0.29) is 6.10 Å². The standard InChI is InChI=1S/C12H25NO/c1-4-10(3)9-13(5-2)11-7-6-8-12(11)14/h10-12,14H,4-9H2,1-3H3/t10?,11-,12-/m0/s1. The van der Waals surface area contributed by atoms with Gasteiger partial charge < -0.3 is 5.11 Å². The van der Waals surface area contributed by atoms with Crippen molar-refractivity contribution in [1.82, 2.24) is 4.90 Å². The average molecular weight is 199 g/mol. The van der Waals surface area contributed by atoms with Crippen LogP contribution in [0.2, 0.25) is 0 Å². The summed E-state index contributed by atoms with van der Waals surface area (Å²) in [4.78, 5) is 2.46. The third-order valence-corrected chi connectivity index (χ3v) is 3.56. The molecule has 0 aromatic heterocycles. The maximum Gasteiger partial charge on any atom is 0.0695 e. The van der Waals surface area contributed by atoms with Crippen LogP contribution in [0, 0.1) is 5.92 Å². The topological polar surface area (TPSA) is 23.5 Å². The number of hydrogen-bond donors (Lipinski definition) is 1. The van der Waals surface area contributed by atoms with Crippen LogP contribution in [0.5, 0.6) is 0 Å². The van der Waals surface area contributed by atoms with E-state index in [0.29, 0.717) is 6.04 Å². The number of likely N-dealkylation sites (N-methyl/N-ethyl adjacent to an activating group) is 1. The second-order valence-corrected chi connectivity index (χ2v) is 4.67. The number of nitrogens with zero attached hydrogens (tertiary/aromatic N) is 1. The first kappa shape index (κ1) is 12.0. The largest absolute Gasteiger partial charge is 0.391 e. The first-order chi connectivity index (χ1) is 6.69. The summed E-state index contributed by atoms with van der Waals surface area (Å²) in [6, 6.07) is 0.439. The van der Waals surface area contributed by atoms with Crippen molar-refractivity contribution in [2.24, 2.45) is 5.92 Å². The normalized spacial score (nSPS) is 29.8. The van der Waals surface area contributed by atoms with Gasteiger partial charge in [-0.25, -0.2) is 0 Å². The van der Waals surface area contributed by atoms with Gasteiger partial charge in [-0.2, -0.15) is 0 Å². The maximum absolute atomic E-state index is 9.83. The van der Waals surface area contributed by atoms with Crippen LogP contribution in [0.4, 0.5) is 0 Å². The summed E-state index contributed by atoms with van der Waals surface area (Å²) in [7, 11) is 0. The van der Waals surface area contributed by atoms with Gasteiger partial charge in [0, 0.05) is 12.6 Å². The van der Waals surface area contributed by atoms with Crippen LogP contribution < -0.4 is 0 Å². The summed E-state index contributed by atoms with van der Waals surface area (Å²) < 4.78 is 0. The van der Waals surface area contributed by atoms with Gasteiger partial charge in [0.15, 0.2) is 0 Å². The number of aliphatic hydroxyl groups excluding tert-OH is 1. The quantitative estimate of drug-likeness (QED) is 0.734. The molecule has 0 heterocycles. The minimum Gasteiger partial charge on any atom is -0.391 e. The van der Waals surface area contributed by atoms with E-state index in [2.05, 4.69) is 25.7 Å². The number of hydrogen-bond acceptors (Lipinski definition) is 2. The molecule has 1 rings (SSSR count). The van der Waals surface area contributed by atoms with Crippen molar-refractivity contribution in [3.63, 3.8) is 0 Å². The smallest absolute Gasteiger partial charge is 0.0695 e. The van der Waals surface area contributed by atoms with Crippen LogP contribution in [0.1, 0.15) is 46.5 Å². The van der Waals surface area contributed by atoms with Crippen molar-refractivity contribution in [2.45, 2.75) is 58.6 Å². The van der Waals surface area contributed by atoms with Crippen molar-refractivity contribution in [2.75, 3.05) is 13.1 Å². The number of rotatable bonds is 5. The maximum atomic E-state index is 9.83. The molecule has 0 spiro atoms. The van der Waals surface area contributed by atoms with E-state index in [4.69, 9.17) is 0 Å². The lowest BCUT2D eigenvalue weighted by molar-refractivity contribution is 0.0651. The predicted octanol–water partition coefficient (Wildman–Crippen LogP) is 2.27. The Hall–Kier alpha value is -0.0800. The van der Waals surface area contributed by atoms with E-state index in [1.807, 2.05) is 0 Å². The SMILES string of the molecule is CCC(C)CN(CC)[C@H]1CCC[C@@H]1O. The van der Waals surface area contributed by atoms with Gasteiger partial charge >= 0.3 is 0 Å². The highest BCUT2D eigenvalue weighted by Gasteiger charge is 2.30. The fourth-order valence-electron chi connectivity index (χ4n) is 2.38. The minimum absolute atomic E-state index is 0.0704. The summed E-state index contributed by atoms with van der Waals surface area (Å²) in [6.07, 6.45) is 4.55. The zero-order valence-electron chi connectivity index (χ0n) is 9.87. The molecule has 1 aliphatic carbocycles. The van der Waals surface area contributed by atoms with E-state index < -0.39 is 0 Å². The summed E-state index contributed by atoms with van der Waals surface area (Å²) in [5, 5.41) is 9.83. The molecular weight excluding hydrogens is 174 g/mol. The summed E-state index contributed by atoms with van der Waals surface area (Å²) in [5.41, 5.74) is 0. The van der Waals surface area contributed by atoms with Crippen molar-refractivity contribution < 1.29 is 5.11 Å². The van der Waals surface area contributed by atoms with Crippen LogP contribution in [-0.2, 0) is 0 Å². The molecule has 84 valence electrons. The van der Waals surface area contributed by atoms with Crippen LogP contribution in [0.25, 0.3) is 0 Å². The van der Waals surface area contributed by atoms with Gasteiger partial charge in [0.05, 0.1) is 6.10 Å². The van der Waals surface area contributed by atoms with E-state index >= 15 is 0 Å². The second-order valence-electron chi connectivity index (χ2n) is 4.67. The molecule has 0 aromatic carbocycles. The first-order valence-corrected chi connectivity index (χ1v) is 6.11. The zero-order chi connectivity index (χ0) is 10.6. The summed E-state index contributed by atoms with van der Waals surface area (Å²) in [6.45, 7) is 8.96. The zero-order valence-corrected chi connectivity index (χ0v) is 9.87. The average Bonchev–Trinajstić information content (AvgIpc) is 2.60. The van der Waals surface area contributed by atoms with E-state index in [1.54, 1.807) is 0 Å². The fourth-order valence-corrected chi connectivity index (χ4v) is 2.38. The molecule has 0 aliphatic heterocycles.